The van der Waals surface area contributed by atoms with Crippen molar-refractivity contribution in [3.63, 3.8) is 0 Å². The molecular formula is C19H24FNO. The molecule has 3 heteroatoms. The molecule has 4 fully saturated rings. The lowest BCUT2D eigenvalue weighted by Gasteiger charge is -2.63. The summed E-state index contributed by atoms with van der Waals surface area (Å²) in [5.41, 5.74) is 1.40. The van der Waals surface area contributed by atoms with Gasteiger partial charge in [0.2, 0.25) is 0 Å². The van der Waals surface area contributed by atoms with Gasteiger partial charge < -0.3 is 10.1 Å². The summed E-state index contributed by atoms with van der Waals surface area (Å²) in [6.07, 6.45) is 7.94. The summed E-state index contributed by atoms with van der Waals surface area (Å²) in [6, 6.07) is 7.95. The van der Waals surface area contributed by atoms with Gasteiger partial charge in [0.25, 0.3) is 0 Å². The maximum Gasteiger partial charge on any atom is 0.127 e. The van der Waals surface area contributed by atoms with E-state index in [4.69, 9.17) is 4.74 Å². The molecule has 1 N–H and O–H groups in total. The van der Waals surface area contributed by atoms with Crippen molar-refractivity contribution in [2.45, 2.75) is 56.1 Å². The molecule has 0 amide bonds. The van der Waals surface area contributed by atoms with Crippen molar-refractivity contribution >= 4 is 0 Å². The summed E-state index contributed by atoms with van der Waals surface area (Å²) in [7, 11) is 0. The van der Waals surface area contributed by atoms with E-state index in [1.807, 2.05) is 12.1 Å². The van der Waals surface area contributed by atoms with Crippen LogP contribution in [0.4, 0.5) is 4.39 Å². The van der Waals surface area contributed by atoms with Crippen LogP contribution in [-0.4, -0.2) is 25.3 Å². The van der Waals surface area contributed by atoms with E-state index in [1.165, 1.54) is 25.7 Å². The Labute approximate surface area is 131 Å². The summed E-state index contributed by atoms with van der Waals surface area (Å²) in [4.78, 5) is 0. The molecule has 1 heterocycles. The van der Waals surface area contributed by atoms with Gasteiger partial charge in [0.1, 0.15) is 5.82 Å². The molecule has 0 radical (unpaired) electrons. The summed E-state index contributed by atoms with van der Waals surface area (Å²) in [5.74, 6) is 0.674. The van der Waals surface area contributed by atoms with Gasteiger partial charge in [-0.25, -0.2) is 4.39 Å². The lowest BCUT2D eigenvalue weighted by atomic mass is 9.46. The molecule has 118 valence electrons. The van der Waals surface area contributed by atoms with Crippen LogP contribution in [0, 0.1) is 17.2 Å². The number of benzene rings is 1. The third-order valence-electron chi connectivity index (χ3n) is 7.00. The first-order valence-corrected chi connectivity index (χ1v) is 8.85. The minimum absolute atomic E-state index is 0.0316. The van der Waals surface area contributed by atoms with Gasteiger partial charge in [0, 0.05) is 35.9 Å². The maximum absolute atomic E-state index is 14.1. The predicted octanol–water partition coefficient (Wildman–Crippen LogP) is 3.40. The molecule has 0 bridgehead atoms. The van der Waals surface area contributed by atoms with Gasteiger partial charge in [0.05, 0.1) is 6.10 Å². The van der Waals surface area contributed by atoms with Crippen molar-refractivity contribution in [1.82, 2.24) is 5.32 Å². The number of rotatable bonds is 4. The minimum atomic E-state index is -0.0316. The van der Waals surface area contributed by atoms with Crippen LogP contribution in [0.3, 0.4) is 0 Å². The monoisotopic (exact) mass is 301 g/mol. The summed E-state index contributed by atoms with van der Waals surface area (Å²) >= 11 is 0. The van der Waals surface area contributed by atoms with Crippen LogP contribution in [0.25, 0.3) is 0 Å². The van der Waals surface area contributed by atoms with Crippen LogP contribution in [0.15, 0.2) is 24.3 Å². The third kappa shape index (κ3) is 1.67. The first-order valence-electron chi connectivity index (χ1n) is 8.85. The van der Waals surface area contributed by atoms with Crippen LogP contribution in [0.5, 0.6) is 0 Å². The fourth-order valence-electron chi connectivity index (χ4n) is 5.45. The summed E-state index contributed by atoms with van der Waals surface area (Å²) in [6.45, 7) is 1.87. The van der Waals surface area contributed by atoms with E-state index in [2.05, 4.69) is 5.32 Å². The van der Waals surface area contributed by atoms with Gasteiger partial charge in [-0.2, -0.15) is 0 Å². The Hall–Kier alpha value is -0.930. The van der Waals surface area contributed by atoms with Crippen molar-refractivity contribution in [2.24, 2.45) is 11.3 Å². The highest BCUT2D eigenvalue weighted by atomic mass is 19.1. The van der Waals surface area contributed by atoms with Crippen molar-refractivity contribution < 1.29 is 9.13 Å². The zero-order valence-electron chi connectivity index (χ0n) is 13.0. The third-order valence-corrected chi connectivity index (χ3v) is 7.00. The van der Waals surface area contributed by atoms with Gasteiger partial charge in [-0.3, -0.25) is 0 Å². The first-order chi connectivity index (χ1) is 10.8. The standard InChI is InChI=1S/C19H24FNO/c20-15-5-2-1-4-14(15)18(9-10-18)12-21-16-13-6-11-22-17(13)19(16)7-3-8-19/h1-2,4-5,13,16-17,21H,3,6-12H2/t13-,16+,17+/m0/s1. The molecule has 0 aromatic heterocycles. The van der Waals surface area contributed by atoms with Gasteiger partial charge in [-0.15, -0.1) is 0 Å². The fourth-order valence-corrected chi connectivity index (χ4v) is 5.45. The highest BCUT2D eigenvalue weighted by molar-refractivity contribution is 5.33. The van der Waals surface area contributed by atoms with E-state index in [-0.39, 0.29) is 11.2 Å². The smallest absolute Gasteiger partial charge is 0.127 e. The largest absolute Gasteiger partial charge is 0.377 e. The minimum Gasteiger partial charge on any atom is -0.377 e. The number of nitrogens with one attached hydrogen (secondary N) is 1. The Morgan fingerprint density at radius 2 is 2.00 bits per heavy atom. The number of ether oxygens (including phenoxy) is 1. The first kappa shape index (κ1) is 13.5. The topological polar surface area (TPSA) is 21.3 Å². The molecule has 0 unspecified atom stereocenters. The molecule has 1 spiro atoms. The zero-order valence-corrected chi connectivity index (χ0v) is 13.0. The van der Waals surface area contributed by atoms with Crippen LogP contribution in [-0.2, 0) is 10.2 Å². The molecule has 22 heavy (non-hydrogen) atoms. The second-order valence-electron chi connectivity index (χ2n) is 7.95. The molecule has 3 saturated carbocycles. The highest BCUT2D eigenvalue weighted by Crippen LogP contribution is 2.63. The highest BCUT2D eigenvalue weighted by Gasteiger charge is 2.66. The van der Waals surface area contributed by atoms with Crippen molar-refractivity contribution in [3.05, 3.63) is 35.6 Å². The maximum atomic E-state index is 14.1. The zero-order chi connectivity index (χ0) is 14.8. The van der Waals surface area contributed by atoms with Gasteiger partial charge in [-0.05, 0) is 43.7 Å². The van der Waals surface area contributed by atoms with Gasteiger partial charge in [-0.1, -0.05) is 24.6 Å². The Bertz CT molecular complexity index is 593. The van der Waals surface area contributed by atoms with E-state index >= 15 is 0 Å². The number of halogens is 1. The van der Waals surface area contributed by atoms with Crippen LogP contribution < -0.4 is 5.32 Å². The van der Waals surface area contributed by atoms with Crippen molar-refractivity contribution in [2.75, 3.05) is 13.2 Å². The summed E-state index contributed by atoms with van der Waals surface area (Å²) < 4.78 is 20.1. The molecule has 2 nitrogen and oxygen atoms in total. The van der Waals surface area contributed by atoms with E-state index in [0.717, 1.165) is 31.6 Å². The average molecular weight is 301 g/mol. The van der Waals surface area contributed by atoms with E-state index in [1.54, 1.807) is 12.1 Å². The molecule has 4 aliphatic rings. The number of hydrogen-bond donors (Lipinski definition) is 1. The molecule has 1 aliphatic heterocycles. The normalized spacial score (nSPS) is 36.5. The number of fused-ring (bicyclic) bond motifs is 2. The van der Waals surface area contributed by atoms with Crippen LogP contribution in [0.2, 0.25) is 0 Å². The lowest BCUT2D eigenvalue weighted by molar-refractivity contribution is -0.176. The Morgan fingerprint density at radius 1 is 1.18 bits per heavy atom. The molecule has 1 aromatic rings. The van der Waals surface area contributed by atoms with Crippen molar-refractivity contribution in [1.29, 1.82) is 0 Å². The van der Waals surface area contributed by atoms with E-state index < -0.39 is 0 Å². The predicted molar refractivity (Wildman–Crippen MR) is 83.2 cm³/mol. The molecule has 3 atom stereocenters. The van der Waals surface area contributed by atoms with Crippen molar-refractivity contribution in [3.8, 4) is 0 Å². The lowest BCUT2D eigenvalue weighted by Crippen LogP contribution is -2.71. The molecule has 1 aromatic carbocycles. The molecule has 3 aliphatic carbocycles. The second kappa shape index (κ2) is 4.55. The Kier molecular flexibility index (Phi) is 2.79. The van der Waals surface area contributed by atoms with Gasteiger partial charge in [0.15, 0.2) is 0 Å². The molecular weight excluding hydrogens is 277 g/mol. The Morgan fingerprint density at radius 3 is 2.68 bits per heavy atom. The molecule has 5 rings (SSSR count). The van der Waals surface area contributed by atoms with Crippen LogP contribution in [0.1, 0.15) is 44.1 Å². The SMILES string of the molecule is Fc1ccccc1C1(CN[C@@H]2[C@@H]3CCO[C@H]3C23CCC3)CC1. The van der Waals surface area contributed by atoms with Crippen LogP contribution >= 0.6 is 0 Å². The van der Waals surface area contributed by atoms with Gasteiger partial charge >= 0.3 is 0 Å². The quantitative estimate of drug-likeness (QED) is 0.920. The molecule has 1 saturated heterocycles. The fraction of sp³-hybridized carbons (Fsp3) is 0.684. The van der Waals surface area contributed by atoms with E-state index in [9.17, 15) is 4.39 Å². The Balaban J connectivity index is 1.32. The summed E-state index contributed by atoms with van der Waals surface area (Å²) in [5, 5.41) is 3.87. The average Bonchev–Trinajstić information content (AvgIpc) is 3.13. The number of hydrogen-bond acceptors (Lipinski definition) is 2. The van der Waals surface area contributed by atoms with E-state index in [0.29, 0.717) is 23.5 Å². The second-order valence-corrected chi connectivity index (χ2v) is 7.95.